The molecule has 0 aliphatic heterocycles. The van der Waals surface area contributed by atoms with Crippen LogP contribution in [0.2, 0.25) is 0 Å². The number of rotatable bonds is 7. The predicted octanol–water partition coefficient (Wildman–Crippen LogP) is 5.20. The number of carbonyl (C=O) groups excluding carboxylic acids is 1. The van der Waals surface area contributed by atoms with Gasteiger partial charge in [0.1, 0.15) is 11.3 Å². The van der Waals surface area contributed by atoms with Crippen LogP contribution in [0.4, 0.5) is 9.52 Å². The van der Waals surface area contributed by atoms with Gasteiger partial charge in [-0.05, 0) is 53.3 Å². The SMILES string of the molecule is CCN(CC)CCN(C(=O)c1ccc(Br)o1)c1nc2c(F)cccc2s1.Cl. The maximum absolute atomic E-state index is 14.0. The van der Waals surface area contributed by atoms with E-state index in [1.54, 1.807) is 29.2 Å². The van der Waals surface area contributed by atoms with Crippen LogP contribution in [0.15, 0.2) is 39.4 Å². The minimum Gasteiger partial charge on any atom is -0.444 e. The smallest absolute Gasteiger partial charge is 0.295 e. The Balaban J connectivity index is 0.00000261. The normalized spacial score (nSPS) is 11.0. The first-order valence-corrected chi connectivity index (χ1v) is 9.99. The molecule has 9 heteroatoms. The third kappa shape index (κ3) is 4.87. The second-order valence-electron chi connectivity index (χ2n) is 5.67. The van der Waals surface area contributed by atoms with E-state index < -0.39 is 0 Å². The molecule has 0 N–H and O–H groups in total. The monoisotopic (exact) mass is 475 g/mol. The molecule has 146 valence electrons. The summed E-state index contributed by atoms with van der Waals surface area (Å²) in [4.78, 5) is 21.1. The van der Waals surface area contributed by atoms with Gasteiger partial charge in [0.15, 0.2) is 15.6 Å². The first-order chi connectivity index (χ1) is 12.5. The Morgan fingerprint density at radius 3 is 2.56 bits per heavy atom. The molecule has 5 nitrogen and oxygen atoms in total. The van der Waals surface area contributed by atoms with E-state index in [4.69, 9.17) is 4.42 Å². The molecular formula is C18H20BrClFN3O2S. The molecule has 0 bridgehead atoms. The minimum absolute atomic E-state index is 0. The number of benzene rings is 1. The number of thiazole rings is 1. The van der Waals surface area contributed by atoms with Crippen molar-refractivity contribution < 1.29 is 13.6 Å². The van der Waals surface area contributed by atoms with E-state index in [9.17, 15) is 9.18 Å². The summed E-state index contributed by atoms with van der Waals surface area (Å²) in [5.41, 5.74) is 0.286. The maximum Gasteiger partial charge on any atom is 0.295 e. The van der Waals surface area contributed by atoms with E-state index in [0.29, 0.717) is 27.6 Å². The van der Waals surface area contributed by atoms with Crippen LogP contribution in [0, 0.1) is 5.82 Å². The van der Waals surface area contributed by atoms with Gasteiger partial charge in [0.05, 0.1) is 4.70 Å². The van der Waals surface area contributed by atoms with Crippen LogP contribution in [-0.2, 0) is 0 Å². The molecule has 0 unspecified atom stereocenters. The van der Waals surface area contributed by atoms with Crippen LogP contribution in [0.3, 0.4) is 0 Å². The number of hydrogen-bond acceptors (Lipinski definition) is 5. The molecule has 0 atom stereocenters. The summed E-state index contributed by atoms with van der Waals surface area (Å²) < 4.78 is 20.6. The van der Waals surface area contributed by atoms with Crippen LogP contribution in [-0.4, -0.2) is 42.0 Å². The minimum atomic E-state index is -0.387. The second kappa shape index (κ2) is 9.64. The van der Waals surface area contributed by atoms with Gasteiger partial charge < -0.3 is 9.32 Å². The first kappa shape index (κ1) is 21.8. The fourth-order valence-electron chi connectivity index (χ4n) is 2.65. The fraction of sp³-hybridized carbons (Fsp3) is 0.333. The van der Waals surface area contributed by atoms with Gasteiger partial charge in [-0.1, -0.05) is 31.3 Å². The number of fused-ring (bicyclic) bond motifs is 1. The number of halogens is 3. The van der Waals surface area contributed by atoms with E-state index >= 15 is 0 Å². The van der Waals surface area contributed by atoms with Crippen molar-refractivity contribution in [2.75, 3.05) is 31.1 Å². The molecule has 2 aromatic heterocycles. The highest BCUT2D eigenvalue weighted by Crippen LogP contribution is 2.31. The number of carbonyl (C=O) groups is 1. The quantitative estimate of drug-likeness (QED) is 0.470. The van der Waals surface area contributed by atoms with Crippen molar-refractivity contribution in [3.63, 3.8) is 0 Å². The molecule has 0 aliphatic rings. The second-order valence-corrected chi connectivity index (χ2v) is 7.46. The summed E-state index contributed by atoms with van der Waals surface area (Å²) in [5.74, 6) is -0.458. The van der Waals surface area contributed by atoms with E-state index in [1.165, 1.54) is 17.4 Å². The Morgan fingerprint density at radius 1 is 1.22 bits per heavy atom. The van der Waals surface area contributed by atoms with Crippen molar-refractivity contribution in [3.8, 4) is 0 Å². The number of aromatic nitrogens is 1. The fourth-order valence-corrected chi connectivity index (χ4v) is 3.96. The Labute approximate surface area is 175 Å². The van der Waals surface area contributed by atoms with Gasteiger partial charge in [0.2, 0.25) is 0 Å². The van der Waals surface area contributed by atoms with Crippen LogP contribution in [0.1, 0.15) is 24.4 Å². The van der Waals surface area contributed by atoms with Crippen molar-refractivity contribution in [2.45, 2.75) is 13.8 Å². The highest BCUT2D eigenvalue weighted by Gasteiger charge is 2.24. The van der Waals surface area contributed by atoms with E-state index in [2.05, 4.69) is 39.7 Å². The molecule has 3 rings (SSSR count). The summed E-state index contributed by atoms with van der Waals surface area (Å²) in [7, 11) is 0. The average molecular weight is 477 g/mol. The summed E-state index contributed by atoms with van der Waals surface area (Å²) >= 11 is 4.52. The van der Waals surface area contributed by atoms with Crippen LogP contribution in [0.5, 0.6) is 0 Å². The third-order valence-electron chi connectivity index (χ3n) is 4.15. The molecule has 2 heterocycles. The lowest BCUT2D eigenvalue weighted by molar-refractivity contribution is 0.0956. The average Bonchev–Trinajstić information content (AvgIpc) is 3.25. The zero-order valence-electron chi connectivity index (χ0n) is 14.9. The summed E-state index contributed by atoms with van der Waals surface area (Å²) in [5, 5.41) is 0.467. The molecule has 1 aromatic carbocycles. The Kier molecular flexibility index (Phi) is 7.79. The lowest BCUT2D eigenvalue weighted by Crippen LogP contribution is -2.38. The predicted molar refractivity (Wildman–Crippen MR) is 113 cm³/mol. The van der Waals surface area contributed by atoms with Gasteiger partial charge in [-0.15, -0.1) is 12.4 Å². The lowest BCUT2D eigenvalue weighted by Gasteiger charge is -2.24. The van der Waals surface area contributed by atoms with Crippen molar-refractivity contribution in [3.05, 3.63) is 46.6 Å². The zero-order chi connectivity index (χ0) is 18.7. The third-order valence-corrected chi connectivity index (χ3v) is 5.62. The molecule has 0 radical (unpaired) electrons. The van der Waals surface area contributed by atoms with Gasteiger partial charge >= 0.3 is 0 Å². The molecule has 0 fully saturated rings. The first-order valence-electron chi connectivity index (χ1n) is 8.38. The summed E-state index contributed by atoms with van der Waals surface area (Å²) in [6, 6.07) is 8.11. The van der Waals surface area contributed by atoms with Gasteiger partial charge in [-0.3, -0.25) is 9.69 Å². The largest absolute Gasteiger partial charge is 0.444 e. The topological polar surface area (TPSA) is 49.6 Å². The highest BCUT2D eigenvalue weighted by molar-refractivity contribution is 9.10. The van der Waals surface area contributed by atoms with Crippen LogP contribution >= 0.6 is 39.7 Å². The zero-order valence-corrected chi connectivity index (χ0v) is 18.2. The van der Waals surface area contributed by atoms with Gasteiger partial charge in [-0.25, -0.2) is 9.37 Å². The number of anilines is 1. The number of para-hydroxylation sites is 1. The van der Waals surface area contributed by atoms with Crippen molar-refractivity contribution in [2.24, 2.45) is 0 Å². The molecular weight excluding hydrogens is 457 g/mol. The highest BCUT2D eigenvalue weighted by atomic mass is 79.9. The number of furan rings is 1. The van der Waals surface area contributed by atoms with Gasteiger partial charge in [0.25, 0.3) is 5.91 Å². The van der Waals surface area contributed by atoms with Crippen LogP contribution in [0.25, 0.3) is 10.2 Å². The molecule has 0 saturated carbocycles. The summed E-state index contributed by atoms with van der Waals surface area (Å²) in [6.07, 6.45) is 0. The van der Waals surface area contributed by atoms with Gasteiger partial charge in [0, 0.05) is 13.1 Å². The molecule has 0 spiro atoms. The van der Waals surface area contributed by atoms with Crippen molar-refractivity contribution in [1.29, 1.82) is 0 Å². The van der Waals surface area contributed by atoms with Crippen molar-refractivity contribution >= 4 is 60.9 Å². The standard InChI is InChI=1S/C18H19BrFN3O2S.ClH/c1-3-22(4-2)10-11-23(17(24)13-8-9-15(19)25-13)18-21-16-12(20)6-5-7-14(16)26-18;/h5-9H,3-4,10-11H2,1-2H3;1H. The molecule has 3 aromatic rings. The van der Waals surface area contributed by atoms with Gasteiger partial charge in [-0.2, -0.15) is 0 Å². The number of likely N-dealkylation sites (N-methyl/N-ethyl adjacent to an activating group) is 1. The Hall–Kier alpha value is -1.48. The van der Waals surface area contributed by atoms with E-state index in [-0.39, 0.29) is 35.4 Å². The Morgan fingerprint density at radius 2 is 1.96 bits per heavy atom. The molecule has 0 saturated heterocycles. The molecule has 27 heavy (non-hydrogen) atoms. The van der Waals surface area contributed by atoms with E-state index in [1.807, 2.05) is 0 Å². The number of amides is 1. The summed E-state index contributed by atoms with van der Waals surface area (Å²) in [6.45, 7) is 7.07. The Bertz CT molecular complexity index is 913. The van der Waals surface area contributed by atoms with Crippen LogP contribution < -0.4 is 4.90 Å². The van der Waals surface area contributed by atoms with Crippen molar-refractivity contribution in [1.82, 2.24) is 9.88 Å². The molecule has 0 aliphatic carbocycles. The maximum atomic E-state index is 14.0. The lowest BCUT2D eigenvalue weighted by atomic mass is 10.3. The number of hydrogen-bond donors (Lipinski definition) is 0. The molecule has 1 amide bonds. The van der Waals surface area contributed by atoms with E-state index in [0.717, 1.165) is 13.1 Å². The number of nitrogens with zero attached hydrogens (tertiary/aromatic N) is 3.